The summed E-state index contributed by atoms with van der Waals surface area (Å²) in [5, 5.41) is 2.96. The van der Waals surface area contributed by atoms with E-state index in [4.69, 9.17) is 4.42 Å². The van der Waals surface area contributed by atoms with Crippen molar-refractivity contribution in [3.8, 4) is 22.5 Å². The van der Waals surface area contributed by atoms with Crippen LogP contribution in [0.1, 0.15) is 10.4 Å². The fourth-order valence-corrected chi connectivity index (χ4v) is 2.83. The van der Waals surface area contributed by atoms with Gasteiger partial charge in [-0.1, -0.05) is 48.5 Å². The highest BCUT2D eigenvalue weighted by molar-refractivity contribution is 6.08. The molecule has 0 aliphatic rings. The van der Waals surface area contributed by atoms with E-state index in [1.165, 1.54) is 6.39 Å². The number of hydrogen-bond donors (Lipinski definition) is 1. The van der Waals surface area contributed by atoms with E-state index in [9.17, 15) is 4.79 Å². The number of oxazole rings is 1. The van der Waals surface area contributed by atoms with E-state index in [-0.39, 0.29) is 5.91 Å². The van der Waals surface area contributed by atoms with Gasteiger partial charge in [-0.15, -0.1) is 0 Å². The molecule has 0 spiro atoms. The van der Waals surface area contributed by atoms with Crippen LogP contribution in [0.15, 0.2) is 95.9 Å². The third-order valence-electron chi connectivity index (χ3n) is 4.12. The first-order valence-electron chi connectivity index (χ1n) is 8.26. The predicted octanol–water partition coefficient (Wildman–Crippen LogP) is 5.26. The minimum Gasteiger partial charge on any atom is -0.444 e. The second kappa shape index (κ2) is 7.07. The second-order valence-corrected chi connectivity index (χ2v) is 5.81. The number of aromatic nitrogens is 1. The van der Waals surface area contributed by atoms with Gasteiger partial charge in [0.1, 0.15) is 0 Å². The van der Waals surface area contributed by atoms with Gasteiger partial charge in [0.05, 0.1) is 6.20 Å². The Bertz CT molecular complexity index is 1010. The Morgan fingerprint density at radius 2 is 1.54 bits per heavy atom. The van der Waals surface area contributed by atoms with Gasteiger partial charge in [-0.3, -0.25) is 4.79 Å². The van der Waals surface area contributed by atoms with E-state index >= 15 is 0 Å². The van der Waals surface area contributed by atoms with E-state index in [0.717, 1.165) is 22.4 Å². The second-order valence-electron chi connectivity index (χ2n) is 5.81. The zero-order valence-corrected chi connectivity index (χ0v) is 13.9. The summed E-state index contributed by atoms with van der Waals surface area (Å²) in [5.74, 6) is 0.550. The van der Waals surface area contributed by atoms with Gasteiger partial charge in [0.15, 0.2) is 12.2 Å². The van der Waals surface area contributed by atoms with Gasteiger partial charge >= 0.3 is 0 Å². The molecule has 0 saturated heterocycles. The van der Waals surface area contributed by atoms with Crippen molar-refractivity contribution in [2.45, 2.75) is 0 Å². The molecule has 0 saturated carbocycles. The lowest BCUT2D eigenvalue weighted by Crippen LogP contribution is -2.13. The van der Waals surface area contributed by atoms with E-state index in [1.54, 1.807) is 6.20 Å². The highest BCUT2D eigenvalue weighted by atomic mass is 16.3. The minimum absolute atomic E-state index is 0.142. The molecule has 4 heteroatoms. The maximum atomic E-state index is 12.8. The molecule has 1 heterocycles. The van der Waals surface area contributed by atoms with Gasteiger partial charge in [-0.25, -0.2) is 4.98 Å². The summed E-state index contributed by atoms with van der Waals surface area (Å²) in [6.07, 6.45) is 3.05. The summed E-state index contributed by atoms with van der Waals surface area (Å²) < 4.78 is 5.28. The Kier molecular flexibility index (Phi) is 4.31. The van der Waals surface area contributed by atoms with Crippen LogP contribution in [-0.4, -0.2) is 10.9 Å². The topological polar surface area (TPSA) is 55.1 Å². The molecule has 126 valence electrons. The summed E-state index contributed by atoms with van der Waals surface area (Å²) in [4.78, 5) is 16.7. The van der Waals surface area contributed by atoms with Crippen LogP contribution in [0.4, 0.5) is 5.69 Å². The smallest absolute Gasteiger partial charge is 0.256 e. The maximum Gasteiger partial charge on any atom is 0.256 e. The average Bonchev–Trinajstić information content (AvgIpc) is 3.24. The van der Waals surface area contributed by atoms with Gasteiger partial charge in [0.2, 0.25) is 0 Å². The van der Waals surface area contributed by atoms with Crippen molar-refractivity contribution in [1.29, 1.82) is 0 Å². The summed E-state index contributed by atoms with van der Waals surface area (Å²) in [6, 6.07) is 25.0. The fraction of sp³-hybridized carbons (Fsp3) is 0. The standard InChI is InChI=1S/C22H16N2O2/c25-22(20-9-5-4-8-19(20)16-6-2-1-3-7-16)24-18-12-10-17(11-13-18)21-14-23-15-26-21/h1-15H,(H,24,25). The molecule has 0 bridgehead atoms. The SMILES string of the molecule is O=C(Nc1ccc(-c2cnco2)cc1)c1ccccc1-c1ccccc1. The molecule has 4 nitrogen and oxygen atoms in total. The molecule has 0 unspecified atom stereocenters. The maximum absolute atomic E-state index is 12.8. The number of carbonyl (C=O) groups excluding carboxylic acids is 1. The molecule has 4 rings (SSSR count). The van der Waals surface area contributed by atoms with Gasteiger partial charge in [0, 0.05) is 16.8 Å². The lowest BCUT2D eigenvalue weighted by atomic mass is 9.99. The third kappa shape index (κ3) is 3.26. The van der Waals surface area contributed by atoms with Gasteiger partial charge < -0.3 is 9.73 Å². The molecule has 0 aliphatic carbocycles. The van der Waals surface area contributed by atoms with Crippen LogP contribution in [0.3, 0.4) is 0 Å². The normalized spacial score (nSPS) is 10.5. The van der Waals surface area contributed by atoms with E-state index in [2.05, 4.69) is 10.3 Å². The largest absolute Gasteiger partial charge is 0.444 e. The number of carbonyl (C=O) groups is 1. The molecule has 26 heavy (non-hydrogen) atoms. The Hall–Kier alpha value is -3.66. The van der Waals surface area contributed by atoms with E-state index < -0.39 is 0 Å². The molecular weight excluding hydrogens is 324 g/mol. The number of hydrogen-bond acceptors (Lipinski definition) is 3. The number of benzene rings is 3. The molecule has 0 fully saturated rings. The zero-order chi connectivity index (χ0) is 17.8. The molecular formula is C22H16N2O2. The zero-order valence-electron chi connectivity index (χ0n) is 13.9. The molecule has 0 atom stereocenters. The molecule has 1 amide bonds. The fourth-order valence-electron chi connectivity index (χ4n) is 2.83. The number of anilines is 1. The van der Waals surface area contributed by atoms with Crippen LogP contribution in [-0.2, 0) is 0 Å². The lowest BCUT2D eigenvalue weighted by molar-refractivity contribution is 0.102. The number of nitrogens with zero attached hydrogens (tertiary/aromatic N) is 1. The molecule has 0 radical (unpaired) electrons. The highest BCUT2D eigenvalue weighted by Crippen LogP contribution is 2.25. The van der Waals surface area contributed by atoms with Crippen molar-refractivity contribution in [2.75, 3.05) is 5.32 Å². The first-order chi connectivity index (χ1) is 12.8. The molecule has 1 N–H and O–H groups in total. The summed E-state index contributed by atoms with van der Waals surface area (Å²) in [5.41, 5.74) is 4.19. The van der Waals surface area contributed by atoms with Crippen LogP contribution in [0.5, 0.6) is 0 Å². The van der Waals surface area contributed by atoms with Gasteiger partial charge in [-0.2, -0.15) is 0 Å². The molecule has 1 aromatic heterocycles. The Balaban J connectivity index is 1.58. The number of amides is 1. The molecule has 0 aliphatic heterocycles. The van der Waals surface area contributed by atoms with Crippen LogP contribution in [0.2, 0.25) is 0 Å². The lowest BCUT2D eigenvalue weighted by Gasteiger charge is -2.11. The highest BCUT2D eigenvalue weighted by Gasteiger charge is 2.12. The predicted molar refractivity (Wildman–Crippen MR) is 102 cm³/mol. The monoisotopic (exact) mass is 340 g/mol. The molecule has 3 aromatic carbocycles. The van der Waals surface area contributed by atoms with Crippen molar-refractivity contribution in [1.82, 2.24) is 4.98 Å². The van der Waals surface area contributed by atoms with Crippen molar-refractivity contribution in [3.63, 3.8) is 0 Å². The number of nitrogens with one attached hydrogen (secondary N) is 1. The number of rotatable bonds is 4. The van der Waals surface area contributed by atoms with Crippen molar-refractivity contribution >= 4 is 11.6 Å². The van der Waals surface area contributed by atoms with Crippen molar-refractivity contribution < 1.29 is 9.21 Å². The van der Waals surface area contributed by atoms with Gasteiger partial charge in [-0.05, 0) is 41.5 Å². The van der Waals surface area contributed by atoms with Crippen LogP contribution >= 0.6 is 0 Å². The Labute approximate surface area is 151 Å². The first-order valence-corrected chi connectivity index (χ1v) is 8.26. The summed E-state index contributed by atoms with van der Waals surface area (Å²) >= 11 is 0. The van der Waals surface area contributed by atoms with Crippen molar-refractivity contribution in [2.24, 2.45) is 0 Å². The summed E-state index contributed by atoms with van der Waals surface area (Å²) in [7, 11) is 0. The van der Waals surface area contributed by atoms with Crippen LogP contribution in [0.25, 0.3) is 22.5 Å². The first kappa shape index (κ1) is 15.8. The Morgan fingerprint density at radius 1 is 0.808 bits per heavy atom. The average molecular weight is 340 g/mol. The van der Waals surface area contributed by atoms with Crippen LogP contribution < -0.4 is 5.32 Å². The quantitative estimate of drug-likeness (QED) is 0.551. The van der Waals surface area contributed by atoms with E-state index in [0.29, 0.717) is 11.3 Å². The van der Waals surface area contributed by atoms with Crippen LogP contribution in [0, 0.1) is 0 Å². The Morgan fingerprint density at radius 3 is 2.27 bits per heavy atom. The molecule has 4 aromatic rings. The van der Waals surface area contributed by atoms with E-state index in [1.807, 2.05) is 78.9 Å². The minimum atomic E-state index is -0.142. The summed E-state index contributed by atoms with van der Waals surface area (Å²) in [6.45, 7) is 0. The van der Waals surface area contributed by atoms with Crippen molar-refractivity contribution in [3.05, 3.63) is 97.0 Å². The third-order valence-corrected chi connectivity index (χ3v) is 4.12. The van der Waals surface area contributed by atoms with Gasteiger partial charge in [0.25, 0.3) is 5.91 Å².